The van der Waals surface area contributed by atoms with Crippen LogP contribution in [0.3, 0.4) is 0 Å². The molecule has 5 atom stereocenters. The lowest BCUT2D eigenvalue weighted by atomic mass is 10.0. The van der Waals surface area contributed by atoms with Gasteiger partial charge >= 0.3 is 5.97 Å². The summed E-state index contributed by atoms with van der Waals surface area (Å²) in [5, 5.41) is 23.9. The van der Waals surface area contributed by atoms with Gasteiger partial charge in [-0.2, -0.15) is 0 Å². The molecule has 0 aromatic carbocycles. The molecule has 3 rings (SSSR count). The zero-order valence-corrected chi connectivity index (χ0v) is 16.5. The van der Waals surface area contributed by atoms with E-state index in [2.05, 4.69) is 20.3 Å². The van der Waals surface area contributed by atoms with Gasteiger partial charge in [0.05, 0.1) is 17.6 Å². The molecule has 2 aromatic rings. The maximum atomic E-state index is 12.0. The molecule has 28 heavy (non-hydrogen) atoms. The Hall–Kier alpha value is -1.98. The molecule has 1 fully saturated rings. The second-order valence-corrected chi connectivity index (χ2v) is 7.32. The molecule has 0 unspecified atom stereocenters. The topological polar surface area (TPSA) is 172 Å². The summed E-state index contributed by atoms with van der Waals surface area (Å²) in [6, 6.07) is -1.95. The fourth-order valence-electron chi connectivity index (χ4n) is 3.38. The highest BCUT2D eigenvalue weighted by atomic mass is 35.5. The van der Waals surface area contributed by atoms with E-state index >= 15 is 0 Å². The minimum atomic E-state index is -1.12. The number of carbonyl (C=O) groups excluding carboxylic acids is 1. The number of H-pyrrole nitrogens is 1. The quantitative estimate of drug-likeness (QED) is 0.344. The van der Waals surface area contributed by atoms with E-state index in [9.17, 15) is 15.0 Å². The minimum Gasteiger partial charge on any atom is -0.463 e. The summed E-state index contributed by atoms with van der Waals surface area (Å²) in [6.45, 7) is 3.83. The van der Waals surface area contributed by atoms with Crippen molar-refractivity contribution in [2.75, 3.05) is 12.3 Å². The Morgan fingerprint density at radius 3 is 2.71 bits per heavy atom. The van der Waals surface area contributed by atoms with Gasteiger partial charge in [0.2, 0.25) is 0 Å². The van der Waals surface area contributed by atoms with Crippen LogP contribution in [0.4, 0.5) is 5.82 Å². The Balaban J connectivity index is 0.00000280. The van der Waals surface area contributed by atoms with Gasteiger partial charge in [0.15, 0.2) is 5.82 Å². The predicted octanol–water partition coefficient (Wildman–Crippen LogP) is -0.387. The number of nitrogen functional groups attached to an aromatic ring is 1. The zero-order chi connectivity index (χ0) is 19.7. The molecule has 0 saturated carbocycles. The number of hydrogen-bond donors (Lipinski definition) is 6. The van der Waals surface area contributed by atoms with E-state index in [1.165, 1.54) is 6.33 Å². The maximum Gasteiger partial charge on any atom is 0.322 e. The van der Waals surface area contributed by atoms with E-state index in [1.54, 1.807) is 6.20 Å². The van der Waals surface area contributed by atoms with Gasteiger partial charge in [-0.1, -0.05) is 13.8 Å². The first-order chi connectivity index (χ1) is 12.8. The van der Waals surface area contributed by atoms with Crippen LogP contribution in [0.15, 0.2) is 12.5 Å². The highest BCUT2D eigenvalue weighted by molar-refractivity contribution is 5.87. The Morgan fingerprint density at radius 1 is 1.32 bits per heavy atom. The van der Waals surface area contributed by atoms with Crippen molar-refractivity contribution in [1.82, 2.24) is 20.3 Å². The summed E-state index contributed by atoms with van der Waals surface area (Å²) in [7, 11) is 0. The smallest absolute Gasteiger partial charge is 0.322 e. The second-order valence-electron chi connectivity index (χ2n) is 7.32. The molecule has 0 amide bonds. The predicted molar refractivity (Wildman–Crippen MR) is 106 cm³/mol. The molecule has 8 N–H and O–H groups in total. The highest BCUT2D eigenvalue weighted by Crippen LogP contribution is 2.32. The molecule has 0 spiro atoms. The van der Waals surface area contributed by atoms with Gasteiger partial charge in [-0.3, -0.25) is 10.1 Å². The number of anilines is 1. The lowest BCUT2D eigenvalue weighted by Gasteiger charge is -2.18. The van der Waals surface area contributed by atoms with Crippen molar-refractivity contribution >= 4 is 35.2 Å². The highest BCUT2D eigenvalue weighted by Gasteiger charge is 2.43. The van der Waals surface area contributed by atoms with E-state index in [1.807, 2.05) is 13.8 Å². The third-order valence-corrected chi connectivity index (χ3v) is 4.79. The van der Waals surface area contributed by atoms with Gasteiger partial charge in [0, 0.05) is 11.8 Å². The molecular weight excluding hydrogens is 388 g/mol. The van der Waals surface area contributed by atoms with Crippen LogP contribution in [0.25, 0.3) is 11.0 Å². The number of fused-ring (bicyclic) bond motifs is 1. The third kappa shape index (κ3) is 4.36. The first kappa shape index (κ1) is 22.3. The van der Waals surface area contributed by atoms with Crippen LogP contribution in [0.2, 0.25) is 0 Å². The van der Waals surface area contributed by atoms with Crippen molar-refractivity contribution in [2.24, 2.45) is 11.7 Å². The molecule has 1 saturated heterocycles. The van der Waals surface area contributed by atoms with Gasteiger partial charge < -0.3 is 31.4 Å². The summed E-state index contributed by atoms with van der Waals surface area (Å²) in [6.07, 6.45) is 1.29. The number of rotatable bonds is 6. The van der Waals surface area contributed by atoms with Crippen molar-refractivity contribution in [3.05, 3.63) is 18.1 Å². The molecule has 3 heterocycles. The van der Waals surface area contributed by atoms with Gasteiger partial charge in [-0.25, -0.2) is 9.97 Å². The number of nitrogens with zero attached hydrogens (tertiary/aromatic N) is 2. The Kier molecular flexibility index (Phi) is 7.18. The van der Waals surface area contributed by atoms with Crippen LogP contribution < -0.4 is 16.8 Å². The number of esters is 1. The number of carbonyl (C=O) groups is 1. The summed E-state index contributed by atoms with van der Waals surface area (Å²) in [5.74, 6) is 0.0393. The first-order valence-electron chi connectivity index (χ1n) is 8.91. The monoisotopic (exact) mass is 414 g/mol. The van der Waals surface area contributed by atoms with E-state index in [0.29, 0.717) is 28.8 Å². The summed E-state index contributed by atoms with van der Waals surface area (Å²) < 4.78 is 5.23. The number of nitrogens with two attached hydrogens (primary N) is 2. The minimum absolute atomic E-state index is 0. The summed E-state index contributed by atoms with van der Waals surface area (Å²) in [4.78, 5) is 23.1. The molecule has 1 aliphatic rings. The normalized spacial score (nSPS) is 25.6. The van der Waals surface area contributed by atoms with E-state index in [-0.39, 0.29) is 24.9 Å². The SMILES string of the molecule is CC(C)C[C@H](N)C(=O)OC[C@H]1N[C@@H](c2c[nH]c3c(N)ncnc23)[C@H](O)[C@@H]1O.Cl. The van der Waals surface area contributed by atoms with Crippen LogP contribution in [-0.2, 0) is 9.53 Å². The van der Waals surface area contributed by atoms with Crippen LogP contribution in [0, 0.1) is 5.92 Å². The average Bonchev–Trinajstić information content (AvgIpc) is 3.16. The molecular formula is C17H27ClN6O4. The Labute approximate surface area is 168 Å². The van der Waals surface area contributed by atoms with E-state index in [0.717, 1.165) is 0 Å². The number of nitrogens with one attached hydrogen (secondary N) is 2. The van der Waals surface area contributed by atoms with E-state index in [4.69, 9.17) is 16.2 Å². The van der Waals surface area contributed by atoms with Crippen LogP contribution in [-0.4, -0.2) is 62.0 Å². The molecule has 2 aromatic heterocycles. The lowest BCUT2D eigenvalue weighted by molar-refractivity contribution is -0.147. The van der Waals surface area contributed by atoms with Crippen molar-refractivity contribution in [3.63, 3.8) is 0 Å². The van der Waals surface area contributed by atoms with Crippen LogP contribution in [0.5, 0.6) is 0 Å². The molecule has 0 bridgehead atoms. The molecule has 10 nitrogen and oxygen atoms in total. The maximum absolute atomic E-state index is 12.0. The summed E-state index contributed by atoms with van der Waals surface area (Å²) in [5.41, 5.74) is 13.4. The average molecular weight is 415 g/mol. The van der Waals surface area contributed by atoms with Gasteiger partial charge in [-0.15, -0.1) is 12.4 Å². The number of aromatic amines is 1. The number of aliphatic hydroxyl groups is 2. The molecule has 1 aliphatic heterocycles. The standard InChI is InChI=1S/C17H26N6O4.ClH/c1-7(2)3-9(18)17(26)27-5-10-14(24)15(25)12(23-10)8-4-20-13-11(8)21-6-22-16(13)19;/h4,6-7,9-10,12,14-15,20,23-25H,3,5,18H2,1-2H3,(H2,19,21,22);1H/t9-,10+,12-,14+,15-;/m0./s1. The third-order valence-electron chi connectivity index (χ3n) is 4.79. The molecule has 156 valence electrons. The first-order valence-corrected chi connectivity index (χ1v) is 8.91. The lowest BCUT2D eigenvalue weighted by Crippen LogP contribution is -2.41. The number of aromatic nitrogens is 3. The molecule has 0 radical (unpaired) electrons. The summed E-state index contributed by atoms with van der Waals surface area (Å²) >= 11 is 0. The largest absolute Gasteiger partial charge is 0.463 e. The second kappa shape index (κ2) is 9.01. The molecule has 11 heteroatoms. The number of halogens is 1. The fraction of sp³-hybridized carbons (Fsp3) is 0.588. The van der Waals surface area contributed by atoms with Crippen molar-refractivity contribution < 1.29 is 19.7 Å². The number of ether oxygens (including phenoxy) is 1. The van der Waals surface area contributed by atoms with Crippen molar-refractivity contribution in [3.8, 4) is 0 Å². The van der Waals surface area contributed by atoms with Gasteiger partial charge in [0.1, 0.15) is 36.7 Å². The number of aliphatic hydroxyl groups excluding tert-OH is 2. The zero-order valence-electron chi connectivity index (χ0n) is 15.7. The van der Waals surface area contributed by atoms with Gasteiger partial charge in [-0.05, 0) is 12.3 Å². The van der Waals surface area contributed by atoms with Crippen LogP contribution >= 0.6 is 12.4 Å². The van der Waals surface area contributed by atoms with E-state index < -0.39 is 36.3 Å². The number of hydrogen-bond acceptors (Lipinski definition) is 9. The van der Waals surface area contributed by atoms with Gasteiger partial charge in [0.25, 0.3) is 0 Å². The Bertz CT molecular complexity index is 816. The van der Waals surface area contributed by atoms with Crippen LogP contribution in [0.1, 0.15) is 31.9 Å². The molecule has 0 aliphatic carbocycles. The fourth-order valence-corrected chi connectivity index (χ4v) is 3.38. The van der Waals surface area contributed by atoms with Crippen molar-refractivity contribution in [1.29, 1.82) is 0 Å². The Morgan fingerprint density at radius 2 is 2.04 bits per heavy atom. The van der Waals surface area contributed by atoms with Crippen molar-refractivity contribution in [2.45, 2.75) is 50.6 Å².